The van der Waals surface area contributed by atoms with Gasteiger partial charge in [-0.3, -0.25) is 15.3 Å². The molecule has 47 heavy (non-hydrogen) atoms. The van der Waals surface area contributed by atoms with Gasteiger partial charge in [-0.1, -0.05) is 83.9 Å². The van der Waals surface area contributed by atoms with Gasteiger partial charge < -0.3 is 15.6 Å². The highest BCUT2D eigenvalue weighted by molar-refractivity contribution is 6.34. The summed E-state index contributed by atoms with van der Waals surface area (Å²) >= 11 is 12.9. The molecule has 0 saturated heterocycles. The normalized spacial score (nSPS) is 11.0. The molecular formula is C35H30Cl2N10. The molecule has 0 spiro atoms. The maximum atomic E-state index is 6.44. The number of hydrogen-bond acceptors (Lipinski definition) is 6. The molecule has 0 aliphatic heterocycles. The lowest BCUT2D eigenvalue weighted by atomic mass is 10.0. The highest BCUT2D eigenvalue weighted by Crippen LogP contribution is 2.35. The SMILES string of the molecule is Cc1ncc(CNc2n[nH]c3cc(Cl)c(-c4ccccc4)cc23)[nH]1.Clc1cc2[nH]nc(NCc3ccn[nH]3)c2cc1-c1ccccc1. The van der Waals surface area contributed by atoms with Gasteiger partial charge in [-0.15, -0.1) is 0 Å². The molecule has 4 aromatic heterocycles. The van der Waals surface area contributed by atoms with E-state index in [1.165, 1.54) is 0 Å². The Balaban J connectivity index is 0.000000150. The van der Waals surface area contributed by atoms with Crippen LogP contribution in [0.15, 0.2) is 103 Å². The minimum atomic E-state index is 0.628. The van der Waals surface area contributed by atoms with Gasteiger partial charge in [-0.25, -0.2) is 4.98 Å². The van der Waals surface area contributed by atoms with Gasteiger partial charge in [0, 0.05) is 28.1 Å². The number of hydrogen-bond donors (Lipinski definition) is 6. The van der Waals surface area contributed by atoms with Crippen molar-refractivity contribution in [3.8, 4) is 22.3 Å². The van der Waals surface area contributed by atoms with Gasteiger partial charge in [0.15, 0.2) is 11.6 Å². The summed E-state index contributed by atoms with van der Waals surface area (Å²) in [7, 11) is 0. The fraction of sp³-hybridized carbons (Fsp3) is 0.0857. The number of aromatic amines is 4. The number of imidazole rings is 1. The highest BCUT2D eigenvalue weighted by Gasteiger charge is 2.13. The Morgan fingerprint density at radius 1 is 0.638 bits per heavy atom. The largest absolute Gasteiger partial charge is 0.362 e. The van der Waals surface area contributed by atoms with Gasteiger partial charge in [-0.05, 0) is 48.4 Å². The van der Waals surface area contributed by atoms with Crippen LogP contribution in [0.1, 0.15) is 17.2 Å². The van der Waals surface area contributed by atoms with E-state index in [0.717, 1.165) is 72.9 Å². The molecule has 0 unspecified atom stereocenters. The second-order valence-corrected chi connectivity index (χ2v) is 11.7. The molecule has 8 aromatic rings. The summed E-state index contributed by atoms with van der Waals surface area (Å²) in [6.07, 6.45) is 3.55. The minimum absolute atomic E-state index is 0.628. The highest BCUT2D eigenvalue weighted by atomic mass is 35.5. The molecule has 0 radical (unpaired) electrons. The number of H-pyrrole nitrogens is 4. The average Bonchev–Trinajstić information content (AvgIpc) is 3.91. The molecule has 10 nitrogen and oxygen atoms in total. The summed E-state index contributed by atoms with van der Waals surface area (Å²) in [4.78, 5) is 7.40. The predicted octanol–water partition coefficient (Wildman–Crippen LogP) is 8.75. The fourth-order valence-corrected chi connectivity index (χ4v) is 5.87. The van der Waals surface area contributed by atoms with E-state index in [4.69, 9.17) is 23.2 Å². The maximum Gasteiger partial charge on any atom is 0.156 e. The molecule has 8 rings (SSSR count). The summed E-state index contributed by atoms with van der Waals surface area (Å²) in [6, 6.07) is 30.1. The van der Waals surface area contributed by atoms with Crippen molar-refractivity contribution in [3.05, 3.63) is 131 Å². The monoisotopic (exact) mass is 660 g/mol. The van der Waals surface area contributed by atoms with Crippen molar-refractivity contribution in [1.82, 2.24) is 40.6 Å². The quantitative estimate of drug-likeness (QED) is 0.0963. The van der Waals surface area contributed by atoms with Gasteiger partial charge in [0.2, 0.25) is 0 Å². The first kappa shape index (κ1) is 30.1. The van der Waals surface area contributed by atoms with E-state index in [1.54, 1.807) is 6.20 Å². The Morgan fingerprint density at radius 2 is 1.17 bits per heavy atom. The van der Waals surface area contributed by atoms with E-state index in [2.05, 4.69) is 63.3 Å². The minimum Gasteiger partial charge on any atom is -0.362 e. The fourth-order valence-electron chi connectivity index (χ4n) is 5.33. The first-order valence-electron chi connectivity index (χ1n) is 14.9. The first-order chi connectivity index (χ1) is 23.0. The summed E-state index contributed by atoms with van der Waals surface area (Å²) < 4.78 is 0. The van der Waals surface area contributed by atoms with Gasteiger partial charge in [0.25, 0.3) is 0 Å². The number of halogens is 2. The van der Waals surface area contributed by atoms with Crippen molar-refractivity contribution in [3.63, 3.8) is 0 Å². The van der Waals surface area contributed by atoms with Crippen LogP contribution < -0.4 is 10.6 Å². The van der Waals surface area contributed by atoms with Crippen LogP contribution >= 0.6 is 23.2 Å². The van der Waals surface area contributed by atoms with Gasteiger partial charge in [0.1, 0.15) is 5.82 Å². The Labute approximate surface area is 280 Å². The van der Waals surface area contributed by atoms with Crippen LogP contribution in [0.2, 0.25) is 10.0 Å². The van der Waals surface area contributed by atoms with Crippen LogP contribution in [0.25, 0.3) is 44.1 Å². The number of aryl methyl sites for hydroxylation is 1. The third-order valence-electron chi connectivity index (χ3n) is 7.68. The van der Waals surface area contributed by atoms with Crippen molar-refractivity contribution in [2.75, 3.05) is 10.6 Å². The molecular weight excluding hydrogens is 631 g/mol. The van der Waals surface area contributed by atoms with E-state index in [9.17, 15) is 0 Å². The third kappa shape index (κ3) is 6.69. The van der Waals surface area contributed by atoms with Crippen LogP contribution in [0.4, 0.5) is 11.6 Å². The van der Waals surface area contributed by atoms with E-state index >= 15 is 0 Å². The molecule has 0 atom stereocenters. The standard InChI is InChI=1S/C18H16ClN5.C17H14ClN5/c1-11-20-9-13(22-11)10-21-18-15-7-14(12-5-3-2-4-6-12)16(19)8-17(15)23-24-18;18-15-9-16-14(8-13(15)11-4-2-1-3-5-11)17(23-22-16)19-10-12-6-7-20-21-12/h2-9H,10H2,1H3,(H,20,22)(H2,21,23,24);1-9H,10H2,(H,20,21)(H2,19,22,23). The summed E-state index contributed by atoms with van der Waals surface area (Å²) in [6.45, 7) is 3.19. The van der Waals surface area contributed by atoms with Crippen molar-refractivity contribution in [2.24, 2.45) is 0 Å². The lowest BCUT2D eigenvalue weighted by molar-refractivity contribution is 0.970. The van der Waals surface area contributed by atoms with E-state index in [1.807, 2.05) is 92.0 Å². The number of anilines is 2. The topological polar surface area (TPSA) is 139 Å². The molecule has 0 saturated carbocycles. The first-order valence-corrected chi connectivity index (χ1v) is 15.7. The van der Waals surface area contributed by atoms with Crippen LogP contribution in [-0.4, -0.2) is 40.6 Å². The Hall–Kier alpha value is -5.58. The Kier molecular flexibility index (Phi) is 8.59. The Bertz CT molecular complexity index is 2240. The summed E-state index contributed by atoms with van der Waals surface area (Å²) in [5.74, 6) is 2.49. The van der Waals surface area contributed by atoms with E-state index in [0.29, 0.717) is 23.1 Å². The van der Waals surface area contributed by atoms with Crippen molar-refractivity contribution in [1.29, 1.82) is 0 Å². The molecule has 0 aliphatic rings. The molecule has 0 amide bonds. The molecule has 0 fully saturated rings. The molecule has 6 N–H and O–H groups in total. The molecule has 12 heteroatoms. The van der Waals surface area contributed by atoms with E-state index < -0.39 is 0 Å². The smallest absolute Gasteiger partial charge is 0.156 e. The number of nitrogens with zero attached hydrogens (tertiary/aromatic N) is 4. The number of aromatic nitrogens is 8. The van der Waals surface area contributed by atoms with Crippen LogP contribution in [0, 0.1) is 6.92 Å². The maximum absolute atomic E-state index is 6.44. The predicted molar refractivity (Wildman–Crippen MR) is 190 cm³/mol. The molecule has 0 bridgehead atoms. The molecule has 0 aliphatic carbocycles. The molecule has 4 heterocycles. The second kappa shape index (κ2) is 13.4. The van der Waals surface area contributed by atoms with Gasteiger partial charge in [-0.2, -0.15) is 15.3 Å². The molecule has 4 aromatic carbocycles. The van der Waals surface area contributed by atoms with Crippen LogP contribution in [0.5, 0.6) is 0 Å². The van der Waals surface area contributed by atoms with Crippen molar-refractivity contribution < 1.29 is 0 Å². The second-order valence-electron chi connectivity index (χ2n) is 10.9. The molecule has 234 valence electrons. The number of benzene rings is 4. The zero-order chi connectivity index (χ0) is 32.2. The zero-order valence-electron chi connectivity index (χ0n) is 25.3. The van der Waals surface area contributed by atoms with Gasteiger partial charge in [0.05, 0.1) is 51.8 Å². The third-order valence-corrected chi connectivity index (χ3v) is 8.30. The number of nitrogens with one attached hydrogen (secondary N) is 6. The Morgan fingerprint density at radius 3 is 1.64 bits per heavy atom. The lowest BCUT2D eigenvalue weighted by Crippen LogP contribution is -2.00. The number of fused-ring (bicyclic) bond motifs is 2. The summed E-state index contributed by atoms with van der Waals surface area (Å²) in [5.41, 5.74) is 7.97. The number of rotatable bonds is 8. The lowest BCUT2D eigenvalue weighted by Gasteiger charge is -2.06. The van der Waals surface area contributed by atoms with Crippen LogP contribution in [-0.2, 0) is 13.1 Å². The average molecular weight is 662 g/mol. The van der Waals surface area contributed by atoms with Crippen molar-refractivity contribution in [2.45, 2.75) is 20.0 Å². The van der Waals surface area contributed by atoms with Crippen molar-refractivity contribution >= 4 is 56.6 Å². The van der Waals surface area contributed by atoms with Gasteiger partial charge >= 0.3 is 0 Å². The van der Waals surface area contributed by atoms with Crippen LogP contribution in [0.3, 0.4) is 0 Å². The summed E-state index contributed by atoms with van der Waals surface area (Å²) in [5, 5.41) is 31.7. The van der Waals surface area contributed by atoms with E-state index in [-0.39, 0.29) is 0 Å². The zero-order valence-corrected chi connectivity index (χ0v) is 26.8.